The van der Waals surface area contributed by atoms with E-state index in [9.17, 15) is 45.6 Å². The summed E-state index contributed by atoms with van der Waals surface area (Å²) in [5.74, 6) is -1.30. The van der Waals surface area contributed by atoms with Crippen LogP contribution in [0.2, 0.25) is 0 Å². The summed E-state index contributed by atoms with van der Waals surface area (Å²) >= 11 is 0. The van der Waals surface area contributed by atoms with Crippen molar-refractivity contribution in [3.63, 3.8) is 0 Å². The van der Waals surface area contributed by atoms with Gasteiger partial charge in [0.25, 0.3) is 0 Å². The second kappa shape index (κ2) is 12.5. The van der Waals surface area contributed by atoms with Gasteiger partial charge in [0.1, 0.15) is 30.2 Å². The fraction of sp³-hybridized carbons (Fsp3) is 0.861. The molecule has 4 aliphatic carbocycles. The minimum atomic E-state index is -1.63. The van der Waals surface area contributed by atoms with Crippen molar-refractivity contribution >= 4 is 5.78 Å². The van der Waals surface area contributed by atoms with E-state index in [1.807, 2.05) is 40.7 Å². The van der Waals surface area contributed by atoms with Crippen LogP contribution in [0, 0.1) is 45.3 Å². The number of rotatable bonds is 8. The fourth-order valence-corrected chi connectivity index (χ4v) is 10.9. The zero-order chi connectivity index (χ0) is 35.1. The van der Waals surface area contributed by atoms with E-state index in [4.69, 9.17) is 9.47 Å². The summed E-state index contributed by atoms with van der Waals surface area (Å²) in [4.78, 5) is 14.7. The third kappa shape index (κ3) is 5.52. The van der Waals surface area contributed by atoms with Crippen LogP contribution in [0.15, 0.2) is 23.8 Å². The number of hydrogen-bond donors (Lipinski definition) is 8. The van der Waals surface area contributed by atoms with Crippen molar-refractivity contribution in [1.82, 2.24) is 0 Å². The Bertz CT molecular complexity index is 1250. The highest BCUT2D eigenvalue weighted by atomic mass is 16.7. The number of ketones is 1. The number of allylic oxidation sites excluding steroid dienone is 3. The number of ether oxygens (including phenoxy) is 2. The van der Waals surface area contributed by atoms with E-state index >= 15 is 0 Å². The number of hydrogen-bond acceptors (Lipinski definition) is 11. The molecule has 0 amide bonds. The standard InChI is InChI=1S/C36H58O11/c1-18(16-37)9-8-12-35(6,45)29-21(39)14-33(4)24-11-10-19-20(36(24,7)25(40)15-34(29,33)5)13-22(30(44)32(19,2)3)46-31-28(43)27(42)26(41)23(17-38)47-31/h9-11,19-24,26-31,37-39,41-45H,8,12-17H2,1-7H3. The molecule has 11 heteroatoms. The summed E-state index contributed by atoms with van der Waals surface area (Å²) in [6.07, 6.45) is -2.31. The Morgan fingerprint density at radius 3 is 2.30 bits per heavy atom. The third-order valence-electron chi connectivity index (χ3n) is 13.9. The Morgan fingerprint density at radius 2 is 1.68 bits per heavy atom. The predicted molar refractivity (Wildman–Crippen MR) is 171 cm³/mol. The van der Waals surface area contributed by atoms with Gasteiger partial charge in [0, 0.05) is 17.8 Å². The smallest absolute Gasteiger partial charge is 0.187 e. The molecule has 0 aromatic heterocycles. The first-order valence-electron chi connectivity index (χ1n) is 17.2. The summed E-state index contributed by atoms with van der Waals surface area (Å²) in [7, 11) is 0. The molecule has 1 heterocycles. The highest BCUT2D eigenvalue weighted by Crippen LogP contribution is 2.74. The van der Waals surface area contributed by atoms with Crippen molar-refractivity contribution in [2.45, 2.75) is 135 Å². The van der Waals surface area contributed by atoms with Crippen molar-refractivity contribution in [1.29, 1.82) is 0 Å². The van der Waals surface area contributed by atoms with Crippen LogP contribution >= 0.6 is 0 Å². The van der Waals surface area contributed by atoms with Crippen LogP contribution in [-0.4, -0.2) is 114 Å². The second-order valence-electron chi connectivity index (χ2n) is 16.9. The van der Waals surface area contributed by atoms with Gasteiger partial charge in [0.05, 0.1) is 37.1 Å². The van der Waals surface area contributed by atoms with Crippen molar-refractivity contribution < 1.29 is 55.1 Å². The molecule has 3 saturated carbocycles. The third-order valence-corrected chi connectivity index (χ3v) is 13.9. The van der Waals surface area contributed by atoms with E-state index in [2.05, 4.69) is 19.1 Å². The van der Waals surface area contributed by atoms with Gasteiger partial charge in [-0.3, -0.25) is 4.79 Å². The molecule has 0 radical (unpaired) electrons. The zero-order valence-electron chi connectivity index (χ0n) is 28.9. The molecule has 1 aliphatic heterocycles. The van der Waals surface area contributed by atoms with Gasteiger partial charge in [-0.05, 0) is 73.5 Å². The van der Waals surface area contributed by atoms with Crippen molar-refractivity contribution in [2.24, 2.45) is 45.3 Å². The molecule has 47 heavy (non-hydrogen) atoms. The molecule has 4 fully saturated rings. The maximum Gasteiger partial charge on any atom is 0.187 e. The summed E-state index contributed by atoms with van der Waals surface area (Å²) in [6.45, 7) is 12.9. The summed E-state index contributed by atoms with van der Waals surface area (Å²) < 4.78 is 11.8. The molecule has 5 aliphatic rings. The van der Waals surface area contributed by atoms with Gasteiger partial charge < -0.3 is 50.3 Å². The van der Waals surface area contributed by atoms with Gasteiger partial charge >= 0.3 is 0 Å². The number of carbonyl (C=O) groups excluding carboxylic acids is 1. The topological polar surface area (TPSA) is 197 Å². The Kier molecular flexibility index (Phi) is 9.85. The lowest BCUT2D eigenvalue weighted by Crippen LogP contribution is -2.67. The van der Waals surface area contributed by atoms with Crippen LogP contribution < -0.4 is 0 Å². The van der Waals surface area contributed by atoms with Crippen LogP contribution in [0.5, 0.6) is 0 Å². The van der Waals surface area contributed by atoms with Gasteiger partial charge in [-0.2, -0.15) is 0 Å². The fourth-order valence-electron chi connectivity index (χ4n) is 10.9. The SMILES string of the molecule is CC(=CCCC(C)(O)C1C(O)CC2(C)C3C=CC4C(CC(OC5OC(CO)C(O)C(O)C5O)C(O)C4(C)C)C3(C)C(=O)CC12C)CO. The highest BCUT2D eigenvalue weighted by molar-refractivity contribution is 5.88. The highest BCUT2D eigenvalue weighted by Gasteiger charge is 2.74. The van der Waals surface area contributed by atoms with E-state index in [1.54, 1.807) is 6.92 Å². The van der Waals surface area contributed by atoms with Crippen LogP contribution in [0.3, 0.4) is 0 Å². The zero-order valence-corrected chi connectivity index (χ0v) is 28.9. The van der Waals surface area contributed by atoms with Gasteiger partial charge in [0.2, 0.25) is 0 Å². The maximum atomic E-state index is 14.7. The molecule has 5 rings (SSSR count). The van der Waals surface area contributed by atoms with Crippen molar-refractivity contribution in [3.8, 4) is 0 Å². The van der Waals surface area contributed by atoms with Gasteiger partial charge in [-0.25, -0.2) is 0 Å². The second-order valence-corrected chi connectivity index (χ2v) is 16.9. The molecule has 268 valence electrons. The average Bonchev–Trinajstić information content (AvgIpc) is 3.20. The number of carbonyl (C=O) groups is 1. The summed E-state index contributed by atoms with van der Waals surface area (Å²) in [5, 5.41) is 85.6. The Labute approximate surface area is 278 Å². The molecule has 16 unspecified atom stereocenters. The monoisotopic (exact) mass is 666 g/mol. The number of fused-ring (bicyclic) bond motifs is 5. The van der Waals surface area contributed by atoms with Crippen molar-refractivity contribution in [3.05, 3.63) is 23.8 Å². The van der Waals surface area contributed by atoms with Crippen LogP contribution in [0.4, 0.5) is 0 Å². The molecule has 8 N–H and O–H groups in total. The van der Waals surface area contributed by atoms with Crippen molar-refractivity contribution in [2.75, 3.05) is 13.2 Å². The van der Waals surface area contributed by atoms with E-state index in [0.717, 1.165) is 5.57 Å². The number of Topliss-reactive ketones (excluding diaryl/α,β-unsaturated/α-hetero) is 1. The lowest BCUT2D eigenvalue weighted by Gasteiger charge is -2.65. The Balaban J connectivity index is 1.48. The largest absolute Gasteiger partial charge is 0.394 e. The molecule has 0 bridgehead atoms. The first-order valence-corrected chi connectivity index (χ1v) is 17.2. The van der Waals surface area contributed by atoms with Crippen LogP contribution in [0.1, 0.15) is 80.6 Å². The summed E-state index contributed by atoms with van der Waals surface area (Å²) in [5.41, 5.74) is -3.41. The molecule has 0 aromatic carbocycles. The minimum Gasteiger partial charge on any atom is -0.394 e. The Hall–Kier alpha value is -1.25. The van der Waals surface area contributed by atoms with E-state index in [1.165, 1.54) is 0 Å². The Morgan fingerprint density at radius 1 is 1.02 bits per heavy atom. The normalized spacial score (nSPS) is 50.8. The molecule has 0 aromatic rings. The summed E-state index contributed by atoms with van der Waals surface area (Å²) in [6, 6.07) is 0. The van der Waals surface area contributed by atoms with E-state index < -0.39 is 88.8 Å². The van der Waals surface area contributed by atoms with Crippen LogP contribution in [0.25, 0.3) is 0 Å². The molecular formula is C36H58O11. The lowest BCUT2D eigenvalue weighted by atomic mass is 9.38. The quantitative estimate of drug-likeness (QED) is 0.174. The molecule has 11 nitrogen and oxygen atoms in total. The first-order chi connectivity index (χ1) is 21.7. The molecule has 1 saturated heterocycles. The number of aliphatic hydroxyl groups is 8. The minimum absolute atomic E-state index is 0.0338. The average molecular weight is 667 g/mol. The number of aliphatic hydroxyl groups excluding tert-OH is 7. The molecule has 0 spiro atoms. The van der Waals surface area contributed by atoms with Gasteiger partial charge in [0.15, 0.2) is 6.29 Å². The van der Waals surface area contributed by atoms with Crippen LogP contribution in [-0.2, 0) is 14.3 Å². The molecule has 16 atom stereocenters. The maximum absolute atomic E-state index is 14.7. The molecular weight excluding hydrogens is 608 g/mol. The van der Waals surface area contributed by atoms with Gasteiger partial charge in [-0.15, -0.1) is 0 Å². The lowest BCUT2D eigenvalue weighted by molar-refractivity contribution is -0.327. The van der Waals surface area contributed by atoms with Gasteiger partial charge in [-0.1, -0.05) is 58.4 Å². The van der Waals surface area contributed by atoms with E-state index in [0.29, 0.717) is 19.3 Å². The first kappa shape index (κ1) is 37.0. The van der Waals surface area contributed by atoms with E-state index in [-0.39, 0.29) is 43.0 Å². The predicted octanol–water partition coefficient (Wildman–Crippen LogP) is 1.22.